The van der Waals surface area contributed by atoms with Gasteiger partial charge in [0.2, 0.25) is 0 Å². The van der Waals surface area contributed by atoms with Gasteiger partial charge < -0.3 is 15.2 Å². The van der Waals surface area contributed by atoms with E-state index in [1.165, 1.54) is 18.2 Å². The summed E-state index contributed by atoms with van der Waals surface area (Å²) >= 11 is 0. The van der Waals surface area contributed by atoms with E-state index in [1.807, 2.05) is 0 Å². The van der Waals surface area contributed by atoms with Gasteiger partial charge in [-0.25, -0.2) is 8.78 Å². The van der Waals surface area contributed by atoms with Gasteiger partial charge in [0.15, 0.2) is 6.61 Å². The molecule has 0 heterocycles. The molecule has 0 fully saturated rings. The van der Waals surface area contributed by atoms with Crippen LogP contribution in [-0.4, -0.2) is 23.7 Å². The minimum atomic E-state index is -0.632. The van der Waals surface area contributed by atoms with E-state index in [4.69, 9.17) is 4.74 Å². The third-order valence-electron chi connectivity index (χ3n) is 3.69. The van der Waals surface area contributed by atoms with E-state index in [0.717, 1.165) is 0 Å². The monoisotopic (exact) mass is 349 g/mol. The lowest BCUT2D eigenvalue weighted by molar-refractivity contribution is -0.123. The summed E-state index contributed by atoms with van der Waals surface area (Å²) in [5.74, 6) is -1.20. The number of ether oxygens (including phenoxy) is 1. The van der Waals surface area contributed by atoms with Crippen molar-refractivity contribution in [2.75, 3.05) is 6.61 Å². The van der Waals surface area contributed by atoms with Crippen LogP contribution in [0.25, 0.3) is 0 Å². The van der Waals surface area contributed by atoms with Crippen LogP contribution in [0.2, 0.25) is 0 Å². The topological polar surface area (TPSA) is 58.6 Å². The Balaban J connectivity index is 1.86. The predicted molar refractivity (Wildman–Crippen MR) is 90.2 cm³/mol. The van der Waals surface area contributed by atoms with Crippen molar-refractivity contribution in [1.82, 2.24) is 5.32 Å². The maximum atomic E-state index is 13.6. The molecule has 2 atom stereocenters. The van der Waals surface area contributed by atoms with Crippen molar-refractivity contribution in [1.29, 1.82) is 0 Å². The maximum absolute atomic E-state index is 13.6. The lowest BCUT2D eigenvalue weighted by Gasteiger charge is -2.15. The molecule has 134 valence electrons. The molecule has 2 rings (SSSR count). The van der Waals surface area contributed by atoms with Gasteiger partial charge in [0.1, 0.15) is 17.4 Å². The molecule has 2 aromatic rings. The number of aliphatic hydroxyl groups is 1. The number of hydrogen-bond donors (Lipinski definition) is 2. The number of nitrogens with one attached hydrogen (secondary N) is 1. The van der Waals surface area contributed by atoms with E-state index in [9.17, 15) is 18.7 Å². The molecule has 0 aliphatic heterocycles. The molecular weight excluding hydrogens is 328 g/mol. The van der Waals surface area contributed by atoms with Gasteiger partial charge in [0.25, 0.3) is 5.91 Å². The highest BCUT2D eigenvalue weighted by molar-refractivity contribution is 5.77. The molecule has 0 spiro atoms. The van der Waals surface area contributed by atoms with Crippen LogP contribution in [-0.2, 0) is 11.2 Å². The number of halogens is 2. The molecule has 0 aliphatic carbocycles. The van der Waals surface area contributed by atoms with E-state index in [2.05, 4.69) is 5.32 Å². The van der Waals surface area contributed by atoms with Crippen LogP contribution in [0.15, 0.2) is 42.5 Å². The van der Waals surface area contributed by atoms with Crippen LogP contribution >= 0.6 is 0 Å². The lowest BCUT2D eigenvalue weighted by Crippen LogP contribution is -2.37. The van der Waals surface area contributed by atoms with E-state index in [1.54, 1.807) is 38.1 Å². The summed E-state index contributed by atoms with van der Waals surface area (Å²) in [6.07, 6.45) is -0.588. The Morgan fingerprint density at radius 1 is 1.16 bits per heavy atom. The fraction of sp³-hybridized carbons (Fsp3) is 0.316. The summed E-state index contributed by atoms with van der Waals surface area (Å²) in [4.78, 5) is 11.9. The molecule has 0 bridgehead atoms. The van der Waals surface area contributed by atoms with E-state index in [0.29, 0.717) is 11.3 Å². The highest BCUT2D eigenvalue weighted by atomic mass is 19.1. The molecule has 25 heavy (non-hydrogen) atoms. The smallest absolute Gasteiger partial charge is 0.258 e. The molecule has 2 unspecified atom stereocenters. The Kier molecular flexibility index (Phi) is 6.47. The first-order chi connectivity index (χ1) is 11.9. The van der Waals surface area contributed by atoms with Crippen molar-refractivity contribution in [3.63, 3.8) is 0 Å². The zero-order chi connectivity index (χ0) is 18.4. The zero-order valence-corrected chi connectivity index (χ0v) is 14.1. The van der Waals surface area contributed by atoms with E-state index in [-0.39, 0.29) is 18.6 Å². The number of hydrogen-bond acceptors (Lipinski definition) is 3. The standard InChI is InChI=1S/C19H21F2NO3/c1-12(9-16-17(20)7-4-8-18(16)21)22-19(24)11-25-15-6-3-5-14(10-15)13(2)23/h3-8,10,12-13,23H,9,11H2,1-2H3,(H,22,24). The molecule has 0 saturated carbocycles. The number of aliphatic hydroxyl groups excluding tert-OH is 1. The molecule has 0 aromatic heterocycles. The van der Waals surface area contributed by atoms with Crippen molar-refractivity contribution in [3.8, 4) is 5.75 Å². The number of benzene rings is 2. The van der Waals surface area contributed by atoms with Crippen molar-refractivity contribution in [3.05, 3.63) is 65.2 Å². The number of carbonyl (C=O) groups is 1. The maximum Gasteiger partial charge on any atom is 0.258 e. The summed E-state index contributed by atoms with van der Waals surface area (Å²) < 4.78 is 32.6. The van der Waals surface area contributed by atoms with Crippen molar-refractivity contribution in [2.24, 2.45) is 0 Å². The van der Waals surface area contributed by atoms with E-state index < -0.39 is 29.7 Å². The van der Waals surface area contributed by atoms with Crippen LogP contribution in [0.5, 0.6) is 5.75 Å². The molecule has 4 nitrogen and oxygen atoms in total. The van der Waals surface area contributed by atoms with Crippen molar-refractivity contribution in [2.45, 2.75) is 32.4 Å². The molecule has 1 amide bonds. The Hall–Kier alpha value is -2.47. The Morgan fingerprint density at radius 3 is 2.44 bits per heavy atom. The van der Waals surface area contributed by atoms with Crippen LogP contribution in [0.3, 0.4) is 0 Å². The van der Waals surface area contributed by atoms with Crippen LogP contribution in [0, 0.1) is 11.6 Å². The first kappa shape index (κ1) is 18.9. The Bertz CT molecular complexity index is 714. The fourth-order valence-electron chi connectivity index (χ4n) is 2.41. The van der Waals surface area contributed by atoms with E-state index >= 15 is 0 Å². The molecular formula is C19H21F2NO3. The Morgan fingerprint density at radius 2 is 1.80 bits per heavy atom. The highest BCUT2D eigenvalue weighted by Crippen LogP contribution is 2.18. The average Bonchev–Trinajstić information content (AvgIpc) is 2.56. The number of carbonyl (C=O) groups excluding carboxylic acids is 1. The van der Waals surface area contributed by atoms with Gasteiger partial charge in [-0.3, -0.25) is 4.79 Å². The average molecular weight is 349 g/mol. The quantitative estimate of drug-likeness (QED) is 0.807. The first-order valence-corrected chi connectivity index (χ1v) is 8.00. The second-order valence-electron chi connectivity index (χ2n) is 5.91. The molecule has 2 aromatic carbocycles. The molecule has 0 saturated heterocycles. The van der Waals surface area contributed by atoms with Gasteiger partial charge in [-0.15, -0.1) is 0 Å². The van der Waals surface area contributed by atoms with Crippen LogP contribution in [0.1, 0.15) is 31.1 Å². The van der Waals surface area contributed by atoms with Crippen molar-refractivity contribution < 1.29 is 23.4 Å². The second kappa shape index (κ2) is 8.58. The summed E-state index contributed by atoms with van der Waals surface area (Å²) in [7, 11) is 0. The third kappa shape index (κ3) is 5.53. The first-order valence-electron chi connectivity index (χ1n) is 8.00. The summed E-state index contributed by atoms with van der Waals surface area (Å²) in [5.41, 5.74) is 0.627. The normalized spacial score (nSPS) is 13.2. The van der Waals surface area contributed by atoms with Gasteiger partial charge >= 0.3 is 0 Å². The van der Waals surface area contributed by atoms with Gasteiger partial charge in [-0.1, -0.05) is 18.2 Å². The van der Waals surface area contributed by atoms with Gasteiger partial charge in [-0.05, 0) is 50.1 Å². The minimum Gasteiger partial charge on any atom is -0.484 e. The minimum absolute atomic E-state index is 0.0434. The van der Waals surface area contributed by atoms with Gasteiger partial charge in [0, 0.05) is 11.6 Å². The lowest BCUT2D eigenvalue weighted by atomic mass is 10.1. The summed E-state index contributed by atoms with van der Waals surface area (Å²) in [6.45, 7) is 3.07. The highest BCUT2D eigenvalue weighted by Gasteiger charge is 2.14. The Labute approximate surface area is 145 Å². The van der Waals surface area contributed by atoms with Crippen LogP contribution < -0.4 is 10.1 Å². The molecule has 6 heteroatoms. The summed E-state index contributed by atoms with van der Waals surface area (Å²) in [5, 5.41) is 12.2. The molecule has 0 radical (unpaired) electrons. The number of amides is 1. The third-order valence-corrected chi connectivity index (χ3v) is 3.69. The van der Waals surface area contributed by atoms with Gasteiger partial charge in [0.05, 0.1) is 6.10 Å². The molecule has 2 N–H and O–H groups in total. The zero-order valence-electron chi connectivity index (χ0n) is 14.1. The molecule has 0 aliphatic rings. The van der Waals surface area contributed by atoms with Crippen LogP contribution in [0.4, 0.5) is 8.78 Å². The second-order valence-corrected chi connectivity index (χ2v) is 5.91. The predicted octanol–water partition coefficient (Wildman–Crippen LogP) is 3.14. The fourth-order valence-corrected chi connectivity index (χ4v) is 2.41. The largest absolute Gasteiger partial charge is 0.484 e. The SMILES string of the molecule is CC(Cc1c(F)cccc1F)NC(=O)COc1cccc(C(C)O)c1. The number of rotatable bonds is 7. The summed E-state index contributed by atoms with van der Waals surface area (Å²) in [6, 6.07) is 10.0. The van der Waals surface area contributed by atoms with Crippen molar-refractivity contribution >= 4 is 5.91 Å². The van der Waals surface area contributed by atoms with Gasteiger partial charge in [-0.2, -0.15) is 0 Å².